The Hall–Kier alpha value is -1.65. The van der Waals surface area contributed by atoms with Gasteiger partial charge in [-0.3, -0.25) is 0 Å². The molecular weight excluding hydrogens is 268 g/mol. The molecule has 0 bridgehead atoms. The molecule has 116 valence electrons. The summed E-state index contributed by atoms with van der Waals surface area (Å²) in [6.45, 7) is 4.62. The first-order valence-corrected chi connectivity index (χ1v) is 7.03. The van der Waals surface area contributed by atoms with Crippen molar-refractivity contribution >= 4 is 5.97 Å². The molecule has 1 aromatic rings. The zero-order chi connectivity index (χ0) is 15.7. The average molecular weight is 292 g/mol. The van der Waals surface area contributed by atoms with Gasteiger partial charge in [-0.1, -0.05) is 43.3 Å². The third-order valence-electron chi connectivity index (χ3n) is 3.37. The van der Waals surface area contributed by atoms with Gasteiger partial charge in [0.05, 0.1) is 19.8 Å². The predicted octanol–water partition coefficient (Wildman–Crippen LogP) is 2.97. The summed E-state index contributed by atoms with van der Waals surface area (Å²) >= 11 is 0. The van der Waals surface area contributed by atoms with Crippen LogP contribution in [0, 0.1) is 5.92 Å². The highest BCUT2D eigenvalue weighted by Crippen LogP contribution is 2.12. The van der Waals surface area contributed by atoms with Gasteiger partial charge in [0.25, 0.3) is 0 Å². The molecule has 0 amide bonds. The fraction of sp³-hybridized carbons (Fsp3) is 0.471. The minimum Gasteiger partial charge on any atom is -0.467 e. The average Bonchev–Trinajstić information content (AvgIpc) is 2.53. The van der Waals surface area contributed by atoms with Gasteiger partial charge in [-0.15, -0.1) is 0 Å². The van der Waals surface area contributed by atoms with Gasteiger partial charge in [0.15, 0.2) is 6.10 Å². The molecular formula is C17H24O4. The van der Waals surface area contributed by atoms with E-state index in [2.05, 4.69) is 4.74 Å². The van der Waals surface area contributed by atoms with Crippen molar-refractivity contribution in [1.82, 2.24) is 0 Å². The van der Waals surface area contributed by atoms with E-state index in [4.69, 9.17) is 9.47 Å². The van der Waals surface area contributed by atoms with Gasteiger partial charge in [-0.25, -0.2) is 4.79 Å². The van der Waals surface area contributed by atoms with Gasteiger partial charge in [-0.05, 0) is 18.6 Å². The van der Waals surface area contributed by atoms with Crippen LogP contribution in [-0.2, 0) is 25.6 Å². The molecule has 1 rings (SSSR count). The number of rotatable bonds is 8. The third-order valence-corrected chi connectivity index (χ3v) is 3.37. The van der Waals surface area contributed by atoms with Crippen molar-refractivity contribution in [1.29, 1.82) is 0 Å². The second-order valence-electron chi connectivity index (χ2n) is 4.93. The third kappa shape index (κ3) is 6.10. The topological polar surface area (TPSA) is 44.8 Å². The van der Waals surface area contributed by atoms with Crippen molar-refractivity contribution in [3.05, 3.63) is 48.0 Å². The molecule has 21 heavy (non-hydrogen) atoms. The van der Waals surface area contributed by atoms with Crippen molar-refractivity contribution < 1.29 is 19.0 Å². The summed E-state index contributed by atoms with van der Waals surface area (Å²) in [5.74, 6) is -0.241. The van der Waals surface area contributed by atoms with Crippen molar-refractivity contribution in [2.24, 2.45) is 5.92 Å². The van der Waals surface area contributed by atoms with E-state index in [9.17, 15) is 4.79 Å². The lowest BCUT2D eigenvalue weighted by molar-refractivity contribution is -0.149. The zero-order valence-corrected chi connectivity index (χ0v) is 13.1. The number of methoxy groups -OCH3 is 2. The number of ether oxygens (including phenoxy) is 3. The second kappa shape index (κ2) is 9.32. The van der Waals surface area contributed by atoms with Gasteiger partial charge >= 0.3 is 5.97 Å². The van der Waals surface area contributed by atoms with Gasteiger partial charge in [0.1, 0.15) is 0 Å². The maximum Gasteiger partial charge on any atom is 0.339 e. The summed E-state index contributed by atoms with van der Waals surface area (Å²) in [6.07, 6.45) is 3.00. The predicted molar refractivity (Wildman–Crippen MR) is 81.8 cm³/mol. The summed E-state index contributed by atoms with van der Waals surface area (Å²) in [6, 6.07) is 10.0. The highest BCUT2D eigenvalue weighted by molar-refractivity contribution is 5.76. The molecule has 0 aromatic heterocycles. The van der Waals surface area contributed by atoms with Gasteiger partial charge in [-0.2, -0.15) is 0 Å². The Kier molecular flexibility index (Phi) is 7.72. The summed E-state index contributed by atoms with van der Waals surface area (Å²) in [7, 11) is 2.82. The fourth-order valence-electron chi connectivity index (χ4n) is 1.76. The molecule has 3 atom stereocenters. The first-order valence-electron chi connectivity index (χ1n) is 7.03. The summed E-state index contributed by atoms with van der Waals surface area (Å²) in [5, 5.41) is 0. The highest BCUT2D eigenvalue weighted by Gasteiger charge is 2.16. The molecule has 0 heterocycles. The lowest BCUT2D eigenvalue weighted by atomic mass is 10.0. The summed E-state index contributed by atoms with van der Waals surface area (Å²) in [4.78, 5) is 11.4. The molecule has 0 aliphatic rings. The largest absolute Gasteiger partial charge is 0.467 e. The SMILES string of the molecule is COC(=O)[C@H](/C=C/[C@H](C)[C@H](C)OCc1ccccc1)OC. The maximum absolute atomic E-state index is 11.4. The molecule has 0 fully saturated rings. The molecule has 0 unspecified atom stereocenters. The summed E-state index contributed by atoms with van der Waals surface area (Å²) in [5.41, 5.74) is 1.14. The normalized spacial score (nSPS) is 15.6. The standard InChI is InChI=1S/C17H24O4/c1-13(10-11-16(19-3)17(18)20-4)14(2)21-12-15-8-6-5-7-9-15/h5-11,13-14,16H,12H2,1-4H3/b11-10+/t13-,14-,16-/m0/s1. The van der Waals surface area contributed by atoms with E-state index in [0.717, 1.165) is 5.56 Å². The van der Waals surface area contributed by atoms with Crippen LogP contribution in [0.15, 0.2) is 42.5 Å². The van der Waals surface area contributed by atoms with Crippen LogP contribution < -0.4 is 0 Å². The Morgan fingerprint density at radius 3 is 2.38 bits per heavy atom. The Morgan fingerprint density at radius 2 is 1.81 bits per heavy atom. The highest BCUT2D eigenvalue weighted by atomic mass is 16.6. The maximum atomic E-state index is 11.4. The van der Waals surface area contributed by atoms with Crippen LogP contribution in [0.4, 0.5) is 0 Å². The van der Waals surface area contributed by atoms with Gasteiger partial charge in [0, 0.05) is 13.0 Å². The minimum absolute atomic E-state index is 0.0385. The van der Waals surface area contributed by atoms with E-state index in [1.54, 1.807) is 6.08 Å². The number of hydrogen-bond donors (Lipinski definition) is 0. The molecule has 0 N–H and O–H groups in total. The van der Waals surface area contributed by atoms with Crippen LogP contribution in [0.2, 0.25) is 0 Å². The zero-order valence-electron chi connectivity index (χ0n) is 13.1. The number of carbonyl (C=O) groups is 1. The van der Waals surface area contributed by atoms with Crippen LogP contribution in [0.3, 0.4) is 0 Å². The first-order chi connectivity index (χ1) is 10.1. The van der Waals surface area contributed by atoms with Gasteiger partial charge in [0.2, 0.25) is 0 Å². The smallest absolute Gasteiger partial charge is 0.339 e. The quantitative estimate of drug-likeness (QED) is 0.546. The van der Waals surface area contributed by atoms with E-state index in [-0.39, 0.29) is 12.0 Å². The number of hydrogen-bond acceptors (Lipinski definition) is 4. The minimum atomic E-state index is -0.668. The molecule has 0 saturated heterocycles. The van der Waals surface area contributed by atoms with Crippen molar-refractivity contribution in [2.45, 2.75) is 32.7 Å². The number of carbonyl (C=O) groups excluding carboxylic acids is 1. The number of esters is 1. The van der Waals surface area contributed by atoms with Crippen LogP contribution >= 0.6 is 0 Å². The monoisotopic (exact) mass is 292 g/mol. The number of benzene rings is 1. The van der Waals surface area contributed by atoms with Crippen molar-refractivity contribution in [2.75, 3.05) is 14.2 Å². The van der Waals surface area contributed by atoms with Crippen molar-refractivity contribution in [3.63, 3.8) is 0 Å². The van der Waals surface area contributed by atoms with Crippen molar-refractivity contribution in [3.8, 4) is 0 Å². The Bertz CT molecular complexity index is 441. The lowest BCUT2D eigenvalue weighted by Crippen LogP contribution is -2.23. The van der Waals surface area contributed by atoms with E-state index in [1.807, 2.05) is 50.3 Å². The lowest BCUT2D eigenvalue weighted by Gasteiger charge is -2.18. The molecule has 0 saturated carbocycles. The second-order valence-corrected chi connectivity index (χ2v) is 4.93. The molecule has 0 radical (unpaired) electrons. The van der Waals surface area contributed by atoms with Crippen LogP contribution in [-0.4, -0.2) is 32.4 Å². The van der Waals surface area contributed by atoms with E-state index < -0.39 is 12.1 Å². The molecule has 0 spiro atoms. The fourth-order valence-corrected chi connectivity index (χ4v) is 1.76. The molecule has 0 aliphatic heterocycles. The van der Waals surface area contributed by atoms with Crippen LogP contribution in [0.1, 0.15) is 19.4 Å². The Balaban J connectivity index is 2.46. The molecule has 4 nitrogen and oxygen atoms in total. The molecule has 4 heteroatoms. The van der Waals surface area contributed by atoms with E-state index >= 15 is 0 Å². The van der Waals surface area contributed by atoms with E-state index in [0.29, 0.717) is 6.61 Å². The van der Waals surface area contributed by atoms with Crippen LogP contribution in [0.5, 0.6) is 0 Å². The molecule has 0 aliphatic carbocycles. The first kappa shape index (κ1) is 17.4. The Morgan fingerprint density at radius 1 is 1.14 bits per heavy atom. The summed E-state index contributed by atoms with van der Waals surface area (Å²) < 4.78 is 15.5. The van der Waals surface area contributed by atoms with Gasteiger partial charge < -0.3 is 14.2 Å². The van der Waals surface area contributed by atoms with Crippen LogP contribution in [0.25, 0.3) is 0 Å². The Labute approximate surface area is 126 Å². The van der Waals surface area contributed by atoms with E-state index in [1.165, 1.54) is 14.2 Å². The molecule has 1 aromatic carbocycles.